The first kappa shape index (κ1) is 21.5. The summed E-state index contributed by atoms with van der Waals surface area (Å²) < 4.78 is 5.16. The minimum atomic E-state index is -0.0943. The number of methoxy groups -OCH3 is 1. The van der Waals surface area contributed by atoms with Gasteiger partial charge in [0.25, 0.3) is 0 Å². The zero-order chi connectivity index (χ0) is 20.8. The number of fused-ring (bicyclic) bond motifs is 1. The third-order valence-corrected chi connectivity index (χ3v) is 6.23. The number of ether oxygens (including phenoxy) is 1. The average molecular weight is 415 g/mol. The molecule has 1 aliphatic heterocycles. The Morgan fingerprint density at radius 1 is 1.24 bits per heavy atom. The predicted octanol–water partition coefficient (Wildman–Crippen LogP) is 3.74. The first-order valence-corrected chi connectivity index (χ1v) is 11.1. The van der Waals surface area contributed by atoms with Crippen molar-refractivity contribution >= 4 is 23.2 Å². The maximum atomic E-state index is 13.4. The fourth-order valence-electron chi connectivity index (χ4n) is 3.81. The molecule has 2 aromatic rings. The second-order valence-corrected chi connectivity index (χ2v) is 8.86. The molecule has 0 bridgehead atoms. The summed E-state index contributed by atoms with van der Waals surface area (Å²) in [5.41, 5.74) is 2.31. The van der Waals surface area contributed by atoms with E-state index in [0.717, 1.165) is 12.0 Å². The summed E-state index contributed by atoms with van der Waals surface area (Å²) in [5.74, 6) is 0.252. The van der Waals surface area contributed by atoms with Crippen LogP contribution in [0, 0.1) is 5.92 Å². The van der Waals surface area contributed by atoms with Crippen LogP contribution >= 0.6 is 11.3 Å². The van der Waals surface area contributed by atoms with Gasteiger partial charge >= 0.3 is 0 Å². The molecule has 5 nitrogen and oxygen atoms in total. The van der Waals surface area contributed by atoms with E-state index in [1.165, 1.54) is 10.4 Å². The molecule has 0 radical (unpaired) electrons. The van der Waals surface area contributed by atoms with Gasteiger partial charge in [0.2, 0.25) is 11.8 Å². The van der Waals surface area contributed by atoms with Crippen LogP contribution in [-0.4, -0.2) is 55.0 Å². The molecule has 0 spiro atoms. The summed E-state index contributed by atoms with van der Waals surface area (Å²) >= 11 is 1.76. The minimum absolute atomic E-state index is 0.00916. The van der Waals surface area contributed by atoms with Crippen molar-refractivity contribution in [3.63, 3.8) is 0 Å². The summed E-state index contributed by atoms with van der Waals surface area (Å²) in [6.45, 7) is 5.65. The molecule has 2 heterocycles. The van der Waals surface area contributed by atoms with Gasteiger partial charge in [0, 0.05) is 31.5 Å². The summed E-state index contributed by atoms with van der Waals surface area (Å²) in [5, 5.41) is 2.10. The predicted molar refractivity (Wildman–Crippen MR) is 116 cm³/mol. The molecule has 6 heteroatoms. The number of rotatable bonds is 8. The van der Waals surface area contributed by atoms with E-state index in [-0.39, 0.29) is 30.3 Å². The maximum absolute atomic E-state index is 13.4. The number of thiophene rings is 1. The van der Waals surface area contributed by atoms with Crippen molar-refractivity contribution in [3.05, 3.63) is 57.8 Å². The van der Waals surface area contributed by atoms with Gasteiger partial charge in [0.1, 0.15) is 0 Å². The number of amides is 2. The zero-order valence-electron chi connectivity index (χ0n) is 17.5. The first-order valence-electron chi connectivity index (χ1n) is 10.2. The molecule has 1 aromatic heterocycles. The van der Waals surface area contributed by atoms with Crippen molar-refractivity contribution in [2.45, 2.75) is 32.7 Å². The second kappa shape index (κ2) is 10.0. The molecule has 3 rings (SSSR count). The highest BCUT2D eigenvalue weighted by atomic mass is 32.1. The van der Waals surface area contributed by atoms with E-state index in [9.17, 15) is 9.59 Å². The Bertz CT molecular complexity index is 819. The van der Waals surface area contributed by atoms with E-state index in [2.05, 4.69) is 23.6 Å². The van der Waals surface area contributed by atoms with E-state index < -0.39 is 0 Å². The Kier molecular flexibility index (Phi) is 7.45. The molecule has 29 heavy (non-hydrogen) atoms. The van der Waals surface area contributed by atoms with Gasteiger partial charge < -0.3 is 14.5 Å². The molecule has 2 amide bonds. The lowest BCUT2D eigenvalue weighted by atomic mass is 9.93. The highest BCUT2D eigenvalue weighted by Gasteiger charge is 2.33. The molecule has 0 saturated carbocycles. The summed E-state index contributed by atoms with van der Waals surface area (Å²) in [7, 11) is 1.61. The molecular formula is C23H30N2O3S. The van der Waals surface area contributed by atoms with Crippen molar-refractivity contribution in [1.29, 1.82) is 0 Å². The molecule has 0 N–H and O–H groups in total. The fourth-order valence-corrected chi connectivity index (χ4v) is 4.71. The van der Waals surface area contributed by atoms with Crippen LogP contribution in [0.1, 0.15) is 42.3 Å². The Balaban J connectivity index is 1.82. The highest BCUT2D eigenvalue weighted by molar-refractivity contribution is 7.10. The van der Waals surface area contributed by atoms with Gasteiger partial charge in [-0.25, -0.2) is 0 Å². The summed E-state index contributed by atoms with van der Waals surface area (Å²) in [6, 6.07) is 12.2. The van der Waals surface area contributed by atoms with Gasteiger partial charge in [0.05, 0.1) is 19.2 Å². The molecule has 156 valence electrons. The highest BCUT2D eigenvalue weighted by Crippen LogP contribution is 2.37. The standard InChI is InChI=1S/C23H30N2O3S/c1-17(2)15-21(26)24(12-13-28-3)16-22(27)25-11-9-20-19(10-14-29-20)23(25)18-7-5-4-6-8-18/h4-8,10,14,17,23H,9,11-13,15-16H2,1-3H3/t23-/m0/s1. The van der Waals surface area contributed by atoms with Crippen molar-refractivity contribution in [2.75, 3.05) is 33.4 Å². The fraction of sp³-hybridized carbons (Fsp3) is 0.478. The van der Waals surface area contributed by atoms with Crippen LogP contribution in [0.15, 0.2) is 41.8 Å². The second-order valence-electron chi connectivity index (χ2n) is 7.86. The number of hydrogen-bond acceptors (Lipinski definition) is 4. The van der Waals surface area contributed by atoms with Crippen LogP contribution in [0.5, 0.6) is 0 Å². The number of benzene rings is 1. The quantitative estimate of drug-likeness (QED) is 0.661. The van der Waals surface area contributed by atoms with Gasteiger partial charge in [-0.05, 0) is 34.9 Å². The number of carbonyl (C=O) groups excluding carboxylic acids is 2. The topological polar surface area (TPSA) is 49.9 Å². The SMILES string of the molecule is COCCN(CC(=O)N1CCc2sccc2[C@@H]1c1ccccc1)C(=O)CC(C)C. The average Bonchev–Trinajstić information content (AvgIpc) is 3.19. The molecule has 1 atom stereocenters. The molecule has 0 unspecified atom stereocenters. The van der Waals surface area contributed by atoms with Crippen LogP contribution in [0.2, 0.25) is 0 Å². The van der Waals surface area contributed by atoms with Gasteiger partial charge in [-0.1, -0.05) is 44.2 Å². The monoisotopic (exact) mass is 414 g/mol. The lowest BCUT2D eigenvalue weighted by molar-refractivity contribution is -0.142. The van der Waals surface area contributed by atoms with Crippen LogP contribution in [0.25, 0.3) is 0 Å². The Morgan fingerprint density at radius 3 is 2.69 bits per heavy atom. The Hall–Kier alpha value is -2.18. The van der Waals surface area contributed by atoms with Crippen molar-refractivity contribution in [3.8, 4) is 0 Å². The zero-order valence-corrected chi connectivity index (χ0v) is 18.3. The lowest BCUT2D eigenvalue weighted by Gasteiger charge is -2.37. The van der Waals surface area contributed by atoms with Crippen LogP contribution in [0.4, 0.5) is 0 Å². The number of nitrogens with zero attached hydrogens (tertiary/aromatic N) is 2. The number of hydrogen-bond donors (Lipinski definition) is 0. The molecule has 0 aliphatic carbocycles. The van der Waals surface area contributed by atoms with E-state index in [1.54, 1.807) is 23.3 Å². The summed E-state index contributed by atoms with van der Waals surface area (Å²) in [4.78, 5) is 31.0. The summed E-state index contributed by atoms with van der Waals surface area (Å²) in [6.07, 6.45) is 1.30. The van der Waals surface area contributed by atoms with Gasteiger partial charge in [0.15, 0.2) is 0 Å². The molecular weight excluding hydrogens is 384 g/mol. The first-order chi connectivity index (χ1) is 14.0. The van der Waals surface area contributed by atoms with E-state index in [1.807, 2.05) is 36.9 Å². The normalized spacial score (nSPS) is 16.0. The van der Waals surface area contributed by atoms with E-state index in [4.69, 9.17) is 4.74 Å². The smallest absolute Gasteiger partial charge is 0.242 e. The maximum Gasteiger partial charge on any atom is 0.242 e. The van der Waals surface area contributed by atoms with Crippen molar-refractivity contribution in [2.24, 2.45) is 5.92 Å². The lowest BCUT2D eigenvalue weighted by Crippen LogP contribution is -2.47. The van der Waals surface area contributed by atoms with Gasteiger partial charge in [-0.2, -0.15) is 0 Å². The van der Waals surface area contributed by atoms with E-state index in [0.29, 0.717) is 26.1 Å². The minimum Gasteiger partial charge on any atom is -0.383 e. The van der Waals surface area contributed by atoms with Crippen molar-refractivity contribution < 1.29 is 14.3 Å². The number of carbonyl (C=O) groups is 2. The molecule has 1 aromatic carbocycles. The van der Waals surface area contributed by atoms with Gasteiger partial charge in [-0.15, -0.1) is 11.3 Å². The van der Waals surface area contributed by atoms with Crippen LogP contribution < -0.4 is 0 Å². The van der Waals surface area contributed by atoms with Gasteiger partial charge in [-0.3, -0.25) is 9.59 Å². The molecule has 0 fully saturated rings. The van der Waals surface area contributed by atoms with Crippen LogP contribution in [-0.2, 0) is 20.7 Å². The van der Waals surface area contributed by atoms with E-state index >= 15 is 0 Å². The third kappa shape index (κ3) is 5.25. The van der Waals surface area contributed by atoms with Crippen molar-refractivity contribution in [1.82, 2.24) is 9.80 Å². The molecule has 1 aliphatic rings. The largest absolute Gasteiger partial charge is 0.383 e. The third-order valence-electron chi connectivity index (χ3n) is 5.23. The Labute approximate surface area is 177 Å². The Morgan fingerprint density at radius 2 is 2.00 bits per heavy atom. The van der Waals surface area contributed by atoms with Crippen LogP contribution in [0.3, 0.4) is 0 Å². The molecule has 0 saturated heterocycles.